The second-order valence-corrected chi connectivity index (χ2v) is 4.89. The number of hydrogen-bond acceptors (Lipinski definition) is 5. The van der Waals surface area contributed by atoms with Crippen molar-refractivity contribution >= 4 is 29.1 Å². The van der Waals surface area contributed by atoms with Gasteiger partial charge in [-0.1, -0.05) is 12.1 Å². The van der Waals surface area contributed by atoms with Crippen LogP contribution in [-0.2, 0) is 9.59 Å². The van der Waals surface area contributed by atoms with Gasteiger partial charge in [-0.05, 0) is 24.3 Å². The summed E-state index contributed by atoms with van der Waals surface area (Å²) in [5.41, 5.74) is 5.84. The first-order valence-corrected chi connectivity index (χ1v) is 7.19. The van der Waals surface area contributed by atoms with Crippen LogP contribution in [0.4, 0.5) is 11.4 Å². The summed E-state index contributed by atoms with van der Waals surface area (Å²) in [4.78, 5) is 35.4. The van der Waals surface area contributed by atoms with Crippen molar-refractivity contribution in [3.8, 4) is 11.5 Å². The zero-order valence-corrected chi connectivity index (χ0v) is 13.7. The number of para-hydroxylation sites is 1. The molecular formula is C17H17N3O5. The number of nitrogens with two attached hydrogens (primary N) is 1. The van der Waals surface area contributed by atoms with E-state index in [1.165, 1.54) is 32.4 Å². The van der Waals surface area contributed by atoms with Gasteiger partial charge in [-0.15, -0.1) is 0 Å². The molecular weight excluding hydrogens is 326 g/mol. The molecule has 0 atom stereocenters. The Hall–Kier alpha value is -3.55. The number of benzene rings is 2. The van der Waals surface area contributed by atoms with Gasteiger partial charge >= 0.3 is 11.8 Å². The number of amides is 3. The molecule has 2 rings (SSSR count). The summed E-state index contributed by atoms with van der Waals surface area (Å²) in [6, 6.07) is 10.8. The summed E-state index contributed by atoms with van der Waals surface area (Å²) in [5, 5.41) is 4.79. The van der Waals surface area contributed by atoms with E-state index in [0.29, 0.717) is 17.2 Å². The van der Waals surface area contributed by atoms with E-state index in [4.69, 9.17) is 15.2 Å². The van der Waals surface area contributed by atoms with Crippen LogP contribution in [0.1, 0.15) is 10.4 Å². The van der Waals surface area contributed by atoms with Gasteiger partial charge in [0.1, 0.15) is 0 Å². The molecule has 0 aliphatic heterocycles. The molecule has 2 aromatic carbocycles. The van der Waals surface area contributed by atoms with Gasteiger partial charge in [0.15, 0.2) is 11.5 Å². The minimum Gasteiger partial charge on any atom is -0.493 e. The largest absolute Gasteiger partial charge is 0.493 e. The SMILES string of the molecule is COc1ccc(NC(=O)C(=O)Nc2ccccc2C(N)=O)cc1OC. The van der Waals surface area contributed by atoms with E-state index in [1.54, 1.807) is 24.3 Å². The van der Waals surface area contributed by atoms with Crippen LogP contribution in [0.25, 0.3) is 0 Å². The van der Waals surface area contributed by atoms with E-state index in [0.717, 1.165) is 0 Å². The summed E-state index contributed by atoms with van der Waals surface area (Å²) in [6.45, 7) is 0. The first kappa shape index (κ1) is 17.8. The number of carbonyl (C=O) groups excluding carboxylic acids is 3. The first-order chi connectivity index (χ1) is 12.0. The predicted molar refractivity (Wildman–Crippen MR) is 91.8 cm³/mol. The smallest absolute Gasteiger partial charge is 0.314 e. The van der Waals surface area contributed by atoms with Gasteiger partial charge in [0.2, 0.25) is 0 Å². The lowest BCUT2D eigenvalue weighted by Gasteiger charge is -2.11. The predicted octanol–water partition coefficient (Wildman–Crippen LogP) is 1.38. The fraction of sp³-hybridized carbons (Fsp3) is 0.118. The first-order valence-electron chi connectivity index (χ1n) is 7.19. The Morgan fingerprint density at radius 3 is 2.16 bits per heavy atom. The molecule has 0 bridgehead atoms. The molecule has 0 saturated carbocycles. The fourth-order valence-corrected chi connectivity index (χ4v) is 2.09. The van der Waals surface area contributed by atoms with Gasteiger partial charge in [-0.25, -0.2) is 0 Å². The Balaban J connectivity index is 2.11. The Morgan fingerprint density at radius 1 is 0.880 bits per heavy atom. The molecule has 0 unspecified atom stereocenters. The molecule has 130 valence electrons. The molecule has 3 amide bonds. The minimum absolute atomic E-state index is 0.106. The maximum atomic E-state index is 12.0. The Kier molecular flexibility index (Phi) is 5.57. The molecule has 2 aromatic rings. The second-order valence-electron chi connectivity index (χ2n) is 4.89. The summed E-state index contributed by atoms with van der Waals surface area (Å²) >= 11 is 0. The van der Waals surface area contributed by atoms with E-state index < -0.39 is 17.7 Å². The van der Waals surface area contributed by atoms with Crippen LogP contribution in [0, 0.1) is 0 Å². The van der Waals surface area contributed by atoms with E-state index in [-0.39, 0.29) is 11.3 Å². The second kappa shape index (κ2) is 7.82. The van der Waals surface area contributed by atoms with Crippen molar-refractivity contribution in [2.45, 2.75) is 0 Å². The molecule has 0 heterocycles. The van der Waals surface area contributed by atoms with Crippen molar-refractivity contribution in [2.24, 2.45) is 5.73 Å². The lowest BCUT2D eigenvalue weighted by atomic mass is 10.1. The topological polar surface area (TPSA) is 120 Å². The Morgan fingerprint density at radius 2 is 1.52 bits per heavy atom. The number of ether oxygens (including phenoxy) is 2. The van der Waals surface area contributed by atoms with Crippen LogP contribution in [0.3, 0.4) is 0 Å². The van der Waals surface area contributed by atoms with E-state index in [1.807, 2.05) is 0 Å². The molecule has 8 heteroatoms. The molecule has 0 aliphatic carbocycles. The van der Waals surface area contributed by atoms with E-state index in [2.05, 4.69) is 10.6 Å². The van der Waals surface area contributed by atoms with Crippen molar-refractivity contribution in [1.82, 2.24) is 0 Å². The molecule has 25 heavy (non-hydrogen) atoms. The van der Waals surface area contributed by atoms with Crippen LogP contribution in [0.5, 0.6) is 11.5 Å². The lowest BCUT2D eigenvalue weighted by molar-refractivity contribution is -0.133. The van der Waals surface area contributed by atoms with Crippen LogP contribution in [0.2, 0.25) is 0 Å². The third-order valence-corrected chi connectivity index (χ3v) is 3.29. The highest BCUT2D eigenvalue weighted by molar-refractivity contribution is 6.44. The fourth-order valence-electron chi connectivity index (χ4n) is 2.09. The molecule has 0 radical (unpaired) electrons. The minimum atomic E-state index is -0.941. The number of carbonyl (C=O) groups is 3. The monoisotopic (exact) mass is 343 g/mol. The standard InChI is InChI=1S/C17H17N3O5/c1-24-13-8-7-10(9-14(13)25-2)19-16(22)17(23)20-12-6-4-3-5-11(12)15(18)21/h3-9H,1-2H3,(H2,18,21)(H,19,22)(H,20,23). The van der Waals surface area contributed by atoms with Crippen LogP contribution in [-0.4, -0.2) is 31.9 Å². The van der Waals surface area contributed by atoms with Crippen LogP contribution < -0.4 is 25.8 Å². The summed E-state index contributed by atoms with van der Waals surface area (Å²) < 4.78 is 10.2. The van der Waals surface area contributed by atoms with Crippen molar-refractivity contribution in [3.63, 3.8) is 0 Å². The lowest BCUT2D eigenvalue weighted by Crippen LogP contribution is -2.30. The molecule has 0 fully saturated rings. The average Bonchev–Trinajstić information content (AvgIpc) is 2.61. The van der Waals surface area contributed by atoms with Crippen molar-refractivity contribution in [3.05, 3.63) is 48.0 Å². The number of rotatable bonds is 5. The Bertz CT molecular complexity index is 820. The van der Waals surface area contributed by atoms with Gasteiger partial charge in [0.05, 0.1) is 25.5 Å². The summed E-state index contributed by atoms with van der Waals surface area (Å²) in [5.74, 6) is -1.67. The van der Waals surface area contributed by atoms with Gasteiger partial charge < -0.3 is 25.8 Å². The maximum absolute atomic E-state index is 12.0. The molecule has 0 saturated heterocycles. The van der Waals surface area contributed by atoms with E-state index >= 15 is 0 Å². The van der Waals surface area contributed by atoms with Crippen molar-refractivity contribution < 1.29 is 23.9 Å². The van der Waals surface area contributed by atoms with Gasteiger partial charge in [-0.3, -0.25) is 14.4 Å². The highest BCUT2D eigenvalue weighted by Crippen LogP contribution is 2.29. The van der Waals surface area contributed by atoms with Gasteiger partial charge in [0, 0.05) is 11.8 Å². The number of nitrogens with one attached hydrogen (secondary N) is 2. The summed E-state index contributed by atoms with van der Waals surface area (Å²) in [6.07, 6.45) is 0. The quantitative estimate of drug-likeness (QED) is 0.709. The Labute approximate surface area is 143 Å². The van der Waals surface area contributed by atoms with Gasteiger partial charge in [0.25, 0.3) is 5.91 Å². The molecule has 0 aromatic heterocycles. The van der Waals surface area contributed by atoms with Crippen LogP contribution >= 0.6 is 0 Å². The van der Waals surface area contributed by atoms with Crippen LogP contribution in [0.15, 0.2) is 42.5 Å². The van der Waals surface area contributed by atoms with Gasteiger partial charge in [-0.2, -0.15) is 0 Å². The molecule has 8 nitrogen and oxygen atoms in total. The normalized spacial score (nSPS) is 9.84. The third kappa shape index (κ3) is 4.25. The molecule has 0 aliphatic rings. The zero-order chi connectivity index (χ0) is 18.4. The maximum Gasteiger partial charge on any atom is 0.314 e. The highest BCUT2D eigenvalue weighted by atomic mass is 16.5. The third-order valence-electron chi connectivity index (χ3n) is 3.29. The number of anilines is 2. The average molecular weight is 343 g/mol. The van der Waals surface area contributed by atoms with E-state index in [9.17, 15) is 14.4 Å². The number of methoxy groups -OCH3 is 2. The van der Waals surface area contributed by atoms with Crippen molar-refractivity contribution in [2.75, 3.05) is 24.9 Å². The highest BCUT2D eigenvalue weighted by Gasteiger charge is 2.17. The number of hydrogen-bond donors (Lipinski definition) is 3. The molecule has 0 spiro atoms. The zero-order valence-electron chi connectivity index (χ0n) is 13.7. The summed E-state index contributed by atoms with van der Waals surface area (Å²) in [7, 11) is 2.94. The number of primary amides is 1. The molecule has 4 N–H and O–H groups in total. The van der Waals surface area contributed by atoms with Crippen molar-refractivity contribution in [1.29, 1.82) is 0 Å².